The minimum Gasteiger partial charge on any atom is -0.508 e. The maximum atomic E-state index is 11.3. The van der Waals surface area contributed by atoms with E-state index in [1.165, 1.54) is 24.6 Å². The molecule has 1 fully saturated rings. The summed E-state index contributed by atoms with van der Waals surface area (Å²) in [7, 11) is 0. The van der Waals surface area contributed by atoms with Crippen LogP contribution < -0.4 is 10.1 Å². The quantitative estimate of drug-likeness (QED) is 0.590. The molecule has 8 heteroatoms. The lowest BCUT2D eigenvalue weighted by Crippen LogP contribution is -2.46. The van der Waals surface area contributed by atoms with Crippen LogP contribution in [0.5, 0.6) is 11.5 Å². The first-order chi connectivity index (χ1) is 14.8. The Morgan fingerprint density at radius 1 is 1.29 bits per heavy atom. The highest BCUT2D eigenvalue weighted by Crippen LogP contribution is 2.44. The third kappa shape index (κ3) is 4.96. The van der Waals surface area contributed by atoms with Crippen LogP contribution in [0.15, 0.2) is 36.4 Å². The van der Waals surface area contributed by atoms with Crippen molar-refractivity contribution in [2.24, 2.45) is 0 Å². The third-order valence-corrected chi connectivity index (χ3v) is 6.14. The van der Waals surface area contributed by atoms with E-state index in [9.17, 15) is 15.0 Å². The summed E-state index contributed by atoms with van der Waals surface area (Å²) >= 11 is 6.11. The number of fused-ring (bicyclic) bond motifs is 2. The SMILES string of the molecule is CC(=O)Nc1ccc(O)cc1OC[C@@H](O)CN1CCC2(CC1)OCc1cc(Cl)ccc12. The average Bonchev–Trinajstić information content (AvgIpc) is 3.07. The van der Waals surface area contributed by atoms with Crippen LogP contribution in [0.3, 0.4) is 0 Å². The Bertz CT molecular complexity index is 959. The van der Waals surface area contributed by atoms with Crippen LogP contribution in [0.1, 0.15) is 30.9 Å². The lowest BCUT2D eigenvalue weighted by Gasteiger charge is -2.39. The number of nitrogens with zero attached hydrogens (tertiary/aromatic N) is 1. The first-order valence-corrected chi connectivity index (χ1v) is 10.8. The number of aliphatic hydroxyl groups excluding tert-OH is 1. The van der Waals surface area contributed by atoms with Crippen molar-refractivity contribution in [3.05, 3.63) is 52.5 Å². The number of β-amino-alcohol motifs (C(OH)–C–C–N with tert-alkyl or cyclic N) is 1. The van der Waals surface area contributed by atoms with Gasteiger partial charge in [-0.25, -0.2) is 0 Å². The molecule has 0 unspecified atom stereocenters. The van der Waals surface area contributed by atoms with E-state index in [4.69, 9.17) is 21.1 Å². The summed E-state index contributed by atoms with van der Waals surface area (Å²) < 4.78 is 11.9. The van der Waals surface area contributed by atoms with Crippen LogP contribution >= 0.6 is 11.6 Å². The molecule has 1 atom stereocenters. The van der Waals surface area contributed by atoms with Crippen LogP contribution in [-0.4, -0.2) is 53.4 Å². The normalized spacial score (nSPS) is 18.5. The molecular weight excluding hydrogens is 420 g/mol. The molecule has 166 valence electrons. The van der Waals surface area contributed by atoms with E-state index in [-0.39, 0.29) is 23.9 Å². The van der Waals surface area contributed by atoms with E-state index in [2.05, 4.69) is 16.3 Å². The number of carbonyl (C=O) groups excluding carboxylic acids is 1. The van der Waals surface area contributed by atoms with Crippen molar-refractivity contribution in [3.8, 4) is 11.5 Å². The number of anilines is 1. The molecule has 2 aliphatic rings. The van der Waals surface area contributed by atoms with Gasteiger partial charge in [0.15, 0.2) is 0 Å². The van der Waals surface area contributed by atoms with Gasteiger partial charge in [-0.3, -0.25) is 4.79 Å². The fourth-order valence-electron chi connectivity index (χ4n) is 4.39. The number of halogens is 1. The predicted octanol–water partition coefficient (Wildman–Crippen LogP) is 3.27. The second-order valence-electron chi connectivity index (χ2n) is 8.21. The maximum absolute atomic E-state index is 11.3. The molecule has 3 N–H and O–H groups in total. The van der Waals surface area contributed by atoms with Crippen molar-refractivity contribution in [1.82, 2.24) is 4.90 Å². The van der Waals surface area contributed by atoms with E-state index < -0.39 is 6.10 Å². The van der Waals surface area contributed by atoms with Crippen LogP contribution in [-0.2, 0) is 21.7 Å². The largest absolute Gasteiger partial charge is 0.508 e. The molecular formula is C23H27ClN2O5. The Labute approximate surface area is 186 Å². The molecule has 7 nitrogen and oxygen atoms in total. The average molecular weight is 447 g/mol. The minimum absolute atomic E-state index is 0.0260. The summed E-state index contributed by atoms with van der Waals surface area (Å²) in [6.07, 6.45) is 1.00. The molecule has 0 bridgehead atoms. The molecule has 0 aromatic heterocycles. The molecule has 2 aromatic rings. The van der Waals surface area contributed by atoms with Crippen LogP contribution in [0.4, 0.5) is 5.69 Å². The fraction of sp³-hybridized carbons (Fsp3) is 0.435. The van der Waals surface area contributed by atoms with E-state index in [0.29, 0.717) is 24.6 Å². The van der Waals surface area contributed by atoms with Gasteiger partial charge in [0.1, 0.15) is 24.2 Å². The standard InChI is InChI=1S/C23H27ClN2O5/c1-15(27)25-21-5-3-18(28)11-22(21)30-14-19(29)12-26-8-6-23(7-9-26)20-4-2-17(24)10-16(20)13-31-23/h2-5,10-11,19,28-29H,6-9,12-14H2,1H3,(H,25,27)/t19-/m0/s1. The van der Waals surface area contributed by atoms with Gasteiger partial charge in [-0.15, -0.1) is 0 Å². The maximum Gasteiger partial charge on any atom is 0.221 e. The summed E-state index contributed by atoms with van der Waals surface area (Å²) in [5, 5.41) is 23.6. The zero-order chi connectivity index (χ0) is 22.0. The van der Waals surface area contributed by atoms with Gasteiger partial charge in [0.2, 0.25) is 5.91 Å². The molecule has 0 radical (unpaired) electrons. The lowest BCUT2D eigenvalue weighted by atomic mass is 9.84. The summed E-state index contributed by atoms with van der Waals surface area (Å²) in [6, 6.07) is 10.4. The minimum atomic E-state index is -0.711. The molecule has 31 heavy (non-hydrogen) atoms. The number of amides is 1. The number of piperidine rings is 1. The molecule has 1 spiro atoms. The number of rotatable bonds is 6. The van der Waals surface area contributed by atoms with Crippen LogP contribution in [0.25, 0.3) is 0 Å². The third-order valence-electron chi connectivity index (χ3n) is 5.90. The van der Waals surface area contributed by atoms with E-state index >= 15 is 0 Å². The van der Waals surface area contributed by atoms with E-state index in [0.717, 1.165) is 36.5 Å². The van der Waals surface area contributed by atoms with Crippen molar-refractivity contribution < 1.29 is 24.5 Å². The zero-order valence-electron chi connectivity index (χ0n) is 17.4. The van der Waals surface area contributed by atoms with Crippen LogP contribution in [0.2, 0.25) is 5.02 Å². The van der Waals surface area contributed by atoms with Gasteiger partial charge >= 0.3 is 0 Å². The Hall–Kier alpha value is -2.32. The molecule has 2 heterocycles. The monoisotopic (exact) mass is 446 g/mol. The van der Waals surface area contributed by atoms with Gasteiger partial charge in [0, 0.05) is 37.6 Å². The van der Waals surface area contributed by atoms with Crippen molar-refractivity contribution in [3.63, 3.8) is 0 Å². The highest BCUT2D eigenvalue weighted by molar-refractivity contribution is 6.30. The lowest BCUT2D eigenvalue weighted by molar-refractivity contribution is -0.114. The summed E-state index contributed by atoms with van der Waals surface area (Å²) in [6.45, 7) is 4.13. The van der Waals surface area contributed by atoms with E-state index in [1.54, 1.807) is 6.07 Å². The summed E-state index contributed by atoms with van der Waals surface area (Å²) in [5.74, 6) is 0.107. The number of aliphatic hydroxyl groups is 1. The van der Waals surface area contributed by atoms with Crippen molar-refractivity contribution in [2.75, 3.05) is 31.6 Å². The Morgan fingerprint density at radius 3 is 2.81 bits per heavy atom. The number of carbonyl (C=O) groups is 1. The molecule has 0 saturated carbocycles. The number of phenolic OH excluding ortho intramolecular Hbond substituents is 1. The van der Waals surface area contributed by atoms with Gasteiger partial charge in [-0.2, -0.15) is 0 Å². The van der Waals surface area contributed by atoms with Crippen LogP contribution in [0, 0.1) is 0 Å². The van der Waals surface area contributed by atoms with Gasteiger partial charge in [0.05, 0.1) is 17.9 Å². The van der Waals surface area contributed by atoms with E-state index in [1.807, 2.05) is 12.1 Å². The highest BCUT2D eigenvalue weighted by atomic mass is 35.5. The molecule has 4 rings (SSSR count). The number of hydrogen-bond donors (Lipinski definition) is 3. The Balaban J connectivity index is 1.30. The second-order valence-corrected chi connectivity index (χ2v) is 8.65. The fourth-order valence-corrected chi connectivity index (χ4v) is 4.59. The molecule has 1 saturated heterocycles. The van der Waals surface area contributed by atoms with Crippen molar-refractivity contribution in [1.29, 1.82) is 0 Å². The smallest absolute Gasteiger partial charge is 0.221 e. The van der Waals surface area contributed by atoms with Gasteiger partial charge in [-0.1, -0.05) is 17.7 Å². The first kappa shape index (κ1) is 21.9. The number of nitrogens with one attached hydrogen (secondary N) is 1. The number of ether oxygens (including phenoxy) is 2. The van der Waals surface area contributed by atoms with Gasteiger partial charge < -0.3 is 29.9 Å². The Morgan fingerprint density at radius 2 is 2.06 bits per heavy atom. The number of hydrogen-bond acceptors (Lipinski definition) is 6. The number of phenols is 1. The highest BCUT2D eigenvalue weighted by Gasteiger charge is 2.42. The predicted molar refractivity (Wildman–Crippen MR) is 118 cm³/mol. The summed E-state index contributed by atoms with van der Waals surface area (Å²) in [5.41, 5.74) is 2.59. The topological polar surface area (TPSA) is 91.3 Å². The first-order valence-electron chi connectivity index (χ1n) is 10.4. The Kier molecular flexibility index (Phi) is 6.39. The number of likely N-dealkylation sites (tertiary alicyclic amines) is 1. The molecule has 1 amide bonds. The number of benzene rings is 2. The summed E-state index contributed by atoms with van der Waals surface area (Å²) in [4.78, 5) is 13.6. The molecule has 0 aliphatic carbocycles. The van der Waals surface area contributed by atoms with Crippen molar-refractivity contribution >= 4 is 23.2 Å². The van der Waals surface area contributed by atoms with Crippen molar-refractivity contribution in [2.45, 2.75) is 38.1 Å². The van der Waals surface area contributed by atoms with Gasteiger partial charge in [-0.05, 0) is 48.2 Å². The zero-order valence-corrected chi connectivity index (χ0v) is 18.2. The second kappa shape index (κ2) is 9.04. The number of aromatic hydroxyl groups is 1. The van der Waals surface area contributed by atoms with Gasteiger partial charge in [0.25, 0.3) is 0 Å². The molecule has 2 aliphatic heterocycles. The molecule has 2 aromatic carbocycles.